The summed E-state index contributed by atoms with van der Waals surface area (Å²) in [5.41, 5.74) is 2.48. The molecule has 7 heteroatoms. The van der Waals surface area contributed by atoms with Crippen LogP contribution in [-0.2, 0) is 4.79 Å². The summed E-state index contributed by atoms with van der Waals surface area (Å²) in [6.45, 7) is 2.06. The lowest BCUT2D eigenvalue weighted by Gasteiger charge is -2.12. The van der Waals surface area contributed by atoms with Crippen molar-refractivity contribution >= 4 is 39.1 Å². The first-order valence-electron chi connectivity index (χ1n) is 9.03. The summed E-state index contributed by atoms with van der Waals surface area (Å²) >= 11 is 3.44. The molecule has 1 saturated carbocycles. The smallest absolute Gasteiger partial charge is 0.255 e. The number of nitrogens with zero attached hydrogens (tertiary/aromatic N) is 2. The van der Waals surface area contributed by atoms with Gasteiger partial charge in [0.05, 0.1) is 11.4 Å². The first-order chi connectivity index (χ1) is 13.5. The van der Waals surface area contributed by atoms with Crippen molar-refractivity contribution in [3.63, 3.8) is 0 Å². The fraction of sp³-hybridized carbons (Fsp3) is 0.190. The molecule has 2 aromatic carbocycles. The van der Waals surface area contributed by atoms with Crippen LogP contribution in [0.2, 0.25) is 0 Å². The van der Waals surface area contributed by atoms with Crippen molar-refractivity contribution in [3.05, 3.63) is 71.0 Å². The van der Waals surface area contributed by atoms with E-state index >= 15 is 0 Å². The average Bonchev–Trinajstić information content (AvgIpc) is 3.17. The van der Waals surface area contributed by atoms with E-state index in [-0.39, 0.29) is 17.7 Å². The van der Waals surface area contributed by atoms with Crippen LogP contribution in [0.4, 0.5) is 11.4 Å². The highest BCUT2D eigenvalue weighted by atomic mass is 79.9. The Morgan fingerprint density at radius 2 is 1.96 bits per heavy atom. The number of carbonyl (C=O) groups is 2. The fourth-order valence-corrected chi connectivity index (χ4v) is 3.44. The van der Waals surface area contributed by atoms with Crippen LogP contribution in [0.15, 0.2) is 65.4 Å². The molecule has 0 radical (unpaired) electrons. The van der Waals surface area contributed by atoms with Gasteiger partial charge in [-0.25, -0.2) is 4.68 Å². The highest BCUT2D eigenvalue weighted by molar-refractivity contribution is 9.10. The summed E-state index contributed by atoms with van der Waals surface area (Å²) < 4.78 is 2.54. The number of aromatic nitrogens is 2. The van der Waals surface area contributed by atoms with E-state index in [1.165, 1.54) is 0 Å². The minimum Gasteiger partial charge on any atom is -0.326 e. The molecule has 28 heavy (non-hydrogen) atoms. The van der Waals surface area contributed by atoms with Gasteiger partial charge in [0.2, 0.25) is 5.91 Å². The van der Waals surface area contributed by atoms with Crippen molar-refractivity contribution in [1.29, 1.82) is 0 Å². The summed E-state index contributed by atoms with van der Waals surface area (Å²) in [4.78, 5) is 25.0. The van der Waals surface area contributed by atoms with E-state index in [1.807, 2.05) is 30.5 Å². The minimum atomic E-state index is -0.262. The Morgan fingerprint density at radius 1 is 1.14 bits per heavy atom. The molecule has 0 spiro atoms. The Morgan fingerprint density at radius 3 is 2.68 bits per heavy atom. The predicted octanol–water partition coefficient (Wildman–Crippen LogP) is 4.48. The van der Waals surface area contributed by atoms with Gasteiger partial charge in [-0.1, -0.05) is 28.9 Å². The molecule has 1 heterocycles. The van der Waals surface area contributed by atoms with Crippen LogP contribution in [0.5, 0.6) is 0 Å². The first kappa shape index (κ1) is 18.4. The van der Waals surface area contributed by atoms with Crippen LogP contribution in [-0.4, -0.2) is 21.6 Å². The summed E-state index contributed by atoms with van der Waals surface area (Å²) in [5.74, 6) is 0.264. The van der Waals surface area contributed by atoms with E-state index < -0.39 is 0 Å². The predicted molar refractivity (Wildman–Crippen MR) is 112 cm³/mol. The quantitative estimate of drug-likeness (QED) is 0.616. The van der Waals surface area contributed by atoms with E-state index in [4.69, 9.17) is 0 Å². The Balaban J connectivity index is 1.54. The summed E-state index contributed by atoms with van der Waals surface area (Å²) in [6.07, 6.45) is 4.42. The van der Waals surface area contributed by atoms with Gasteiger partial charge in [-0.05, 0) is 54.8 Å². The molecule has 142 valence electrons. The van der Waals surface area contributed by atoms with E-state index in [0.717, 1.165) is 16.6 Å². The maximum atomic E-state index is 12.8. The monoisotopic (exact) mass is 438 g/mol. The molecule has 3 aromatic rings. The Bertz CT molecular complexity index is 1030. The van der Waals surface area contributed by atoms with Gasteiger partial charge in [-0.3, -0.25) is 9.59 Å². The van der Waals surface area contributed by atoms with Crippen LogP contribution in [0, 0.1) is 11.8 Å². The zero-order valence-electron chi connectivity index (χ0n) is 15.2. The lowest BCUT2D eigenvalue weighted by molar-refractivity contribution is -0.117. The fourth-order valence-electron chi connectivity index (χ4n) is 3.07. The Labute approximate surface area is 171 Å². The van der Waals surface area contributed by atoms with Crippen molar-refractivity contribution in [2.24, 2.45) is 11.8 Å². The molecule has 6 nitrogen and oxygen atoms in total. The van der Waals surface area contributed by atoms with Gasteiger partial charge in [0.15, 0.2) is 0 Å². The Hall–Kier alpha value is -2.93. The molecule has 0 bridgehead atoms. The number of carbonyl (C=O) groups excluding carboxylic acids is 2. The largest absolute Gasteiger partial charge is 0.326 e. The number of hydrogen-bond donors (Lipinski definition) is 2. The average molecular weight is 439 g/mol. The first-order valence-corrected chi connectivity index (χ1v) is 9.82. The molecular formula is C21H19BrN4O2. The van der Waals surface area contributed by atoms with E-state index in [0.29, 0.717) is 22.9 Å². The number of halogens is 1. The summed E-state index contributed by atoms with van der Waals surface area (Å²) in [5, 5.41) is 10.1. The number of rotatable bonds is 5. The van der Waals surface area contributed by atoms with E-state index in [2.05, 4.69) is 38.6 Å². The molecule has 2 N–H and O–H groups in total. The van der Waals surface area contributed by atoms with Crippen LogP contribution < -0.4 is 10.6 Å². The second-order valence-electron chi connectivity index (χ2n) is 6.96. The van der Waals surface area contributed by atoms with Crippen molar-refractivity contribution in [2.45, 2.75) is 13.3 Å². The molecular weight excluding hydrogens is 420 g/mol. The molecule has 1 aromatic heterocycles. The number of amides is 2. The molecule has 0 aliphatic heterocycles. The third-order valence-electron chi connectivity index (χ3n) is 4.80. The van der Waals surface area contributed by atoms with Crippen LogP contribution in [0.1, 0.15) is 23.7 Å². The number of hydrogen-bond acceptors (Lipinski definition) is 3. The number of nitrogens with one attached hydrogen (secondary N) is 2. The van der Waals surface area contributed by atoms with Crippen LogP contribution in [0.3, 0.4) is 0 Å². The number of anilines is 2. The van der Waals surface area contributed by atoms with Gasteiger partial charge in [-0.15, -0.1) is 0 Å². The SMILES string of the molecule is CC1CC1C(=O)Nc1cccc(C(=O)Nc2cc(Br)ccc2-n2cccn2)c1. The van der Waals surface area contributed by atoms with Gasteiger partial charge < -0.3 is 10.6 Å². The van der Waals surface area contributed by atoms with E-state index in [9.17, 15) is 9.59 Å². The highest BCUT2D eigenvalue weighted by Gasteiger charge is 2.39. The van der Waals surface area contributed by atoms with Crippen molar-refractivity contribution < 1.29 is 9.59 Å². The molecule has 1 aliphatic rings. The minimum absolute atomic E-state index is 0.0121. The van der Waals surface area contributed by atoms with Gasteiger partial charge in [0.1, 0.15) is 0 Å². The molecule has 0 saturated heterocycles. The van der Waals surface area contributed by atoms with Gasteiger partial charge in [0, 0.05) is 34.0 Å². The third-order valence-corrected chi connectivity index (χ3v) is 5.29. The van der Waals surface area contributed by atoms with Crippen LogP contribution in [0.25, 0.3) is 5.69 Å². The van der Waals surface area contributed by atoms with Gasteiger partial charge in [0.25, 0.3) is 5.91 Å². The van der Waals surface area contributed by atoms with Gasteiger partial charge >= 0.3 is 0 Å². The van der Waals surface area contributed by atoms with Crippen molar-refractivity contribution in [3.8, 4) is 5.69 Å². The normalized spacial score (nSPS) is 17.8. The lowest BCUT2D eigenvalue weighted by Crippen LogP contribution is -2.16. The van der Waals surface area contributed by atoms with E-state index in [1.54, 1.807) is 35.1 Å². The molecule has 2 atom stereocenters. The Kier molecular flexibility index (Phi) is 5.00. The maximum absolute atomic E-state index is 12.8. The molecule has 4 rings (SSSR count). The zero-order chi connectivity index (χ0) is 19.7. The number of benzene rings is 2. The zero-order valence-corrected chi connectivity index (χ0v) is 16.8. The summed E-state index contributed by atoms with van der Waals surface area (Å²) in [6, 6.07) is 14.4. The van der Waals surface area contributed by atoms with Gasteiger partial charge in [-0.2, -0.15) is 5.10 Å². The molecule has 2 unspecified atom stereocenters. The van der Waals surface area contributed by atoms with Crippen LogP contribution >= 0.6 is 15.9 Å². The second-order valence-corrected chi connectivity index (χ2v) is 7.87. The topological polar surface area (TPSA) is 76.0 Å². The standard InChI is InChI=1S/C21H19BrN4O2/c1-13-10-17(13)21(28)24-16-5-2-4-14(11-16)20(27)25-18-12-15(22)6-7-19(18)26-9-3-8-23-26/h2-9,11-13,17H,10H2,1H3,(H,24,28)(H,25,27). The molecule has 1 aliphatic carbocycles. The van der Waals surface area contributed by atoms with Crippen molar-refractivity contribution in [1.82, 2.24) is 9.78 Å². The second kappa shape index (κ2) is 7.59. The molecule has 1 fully saturated rings. The van der Waals surface area contributed by atoms with Crippen molar-refractivity contribution in [2.75, 3.05) is 10.6 Å². The third kappa shape index (κ3) is 3.99. The highest BCUT2D eigenvalue weighted by Crippen LogP contribution is 2.38. The maximum Gasteiger partial charge on any atom is 0.255 e. The molecule has 2 amide bonds. The summed E-state index contributed by atoms with van der Waals surface area (Å²) in [7, 11) is 0. The lowest BCUT2D eigenvalue weighted by atomic mass is 10.1.